The molecule has 0 saturated carbocycles. The van der Waals surface area contributed by atoms with E-state index in [0.29, 0.717) is 17.8 Å². The summed E-state index contributed by atoms with van der Waals surface area (Å²) >= 11 is 0. The number of nitrogens with zero attached hydrogens (tertiary/aromatic N) is 4. The summed E-state index contributed by atoms with van der Waals surface area (Å²) in [5.74, 6) is -1.52. The molecule has 7 heteroatoms. The number of fused-ring (bicyclic) bond motifs is 1. The summed E-state index contributed by atoms with van der Waals surface area (Å²) in [6.07, 6.45) is 2.95. The molecule has 1 N–H and O–H groups in total. The smallest absolute Gasteiger partial charge is 0.373 e. The maximum atomic E-state index is 12.2. The second-order valence-electron chi connectivity index (χ2n) is 7.91. The van der Waals surface area contributed by atoms with Gasteiger partial charge in [0.25, 0.3) is 0 Å². The molecule has 140 valence electrons. The highest BCUT2D eigenvalue weighted by Crippen LogP contribution is 2.31. The predicted molar refractivity (Wildman–Crippen MR) is 102 cm³/mol. The fourth-order valence-electron chi connectivity index (χ4n) is 3.11. The summed E-state index contributed by atoms with van der Waals surface area (Å²) in [7, 11) is 0. The molecule has 0 fully saturated rings. The standard InChI is InChI=1S/C20H22N4O3/c1-11-6-13(14-8-21-18(19(26)27)22-9-14)7-15-16(12(2)25)23-24(17(11)15)10-20(3,4)5/h6-9H,10H2,1-5H3,(H,26,27). The average Bonchev–Trinajstić information content (AvgIpc) is 2.92. The zero-order chi connectivity index (χ0) is 19.9. The lowest BCUT2D eigenvalue weighted by Gasteiger charge is -2.19. The van der Waals surface area contributed by atoms with E-state index in [-0.39, 0.29) is 17.0 Å². The van der Waals surface area contributed by atoms with Gasteiger partial charge < -0.3 is 5.11 Å². The molecular formula is C20H22N4O3. The van der Waals surface area contributed by atoms with Crippen LogP contribution >= 0.6 is 0 Å². The number of carbonyl (C=O) groups excluding carboxylic acids is 1. The van der Waals surface area contributed by atoms with E-state index in [1.54, 1.807) is 0 Å². The molecular weight excluding hydrogens is 344 g/mol. The van der Waals surface area contributed by atoms with E-state index >= 15 is 0 Å². The minimum Gasteiger partial charge on any atom is -0.475 e. The molecule has 2 aromatic heterocycles. The van der Waals surface area contributed by atoms with Crippen LogP contribution in [0.2, 0.25) is 0 Å². The second kappa shape index (κ2) is 6.57. The van der Waals surface area contributed by atoms with E-state index in [9.17, 15) is 9.59 Å². The highest BCUT2D eigenvalue weighted by Gasteiger charge is 2.21. The van der Waals surface area contributed by atoms with Crippen molar-refractivity contribution in [3.8, 4) is 11.1 Å². The molecule has 2 heterocycles. The van der Waals surface area contributed by atoms with Crippen LogP contribution in [-0.4, -0.2) is 36.6 Å². The molecule has 0 unspecified atom stereocenters. The Morgan fingerprint density at radius 1 is 1.11 bits per heavy atom. The Hall–Kier alpha value is -3.09. The van der Waals surface area contributed by atoms with Gasteiger partial charge in [0.15, 0.2) is 5.78 Å². The number of aromatic carboxylic acids is 1. The van der Waals surface area contributed by atoms with Gasteiger partial charge in [-0.1, -0.05) is 20.8 Å². The Morgan fingerprint density at radius 2 is 1.74 bits per heavy atom. The highest BCUT2D eigenvalue weighted by atomic mass is 16.4. The number of hydrogen-bond acceptors (Lipinski definition) is 5. The van der Waals surface area contributed by atoms with E-state index in [2.05, 4.69) is 35.8 Å². The molecule has 0 atom stereocenters. The fourth-order valence-corrected chi connectivity index (χ4v) is 3.11. The van der Waals surface area contributed by atoms with Gasteiger partial charge in [-0.2, -0.15) is 5.10 Å². The summed E-state index contributed by atoms with van der Waals surface area (Å²) in [6, 6.07) is 3.87. The minimum absolute atomic E-state index is 0.0125. The normalized spacial score (nSPS) is 11.7. The number of benzene rings is 1. The molecule has 1 aromatic carbocycles. The molecule has 0 aliphatic carbocycles. The van der Waals surface area contributed by atoms with Crippen LogP contribution in [0.3, 0.4) is 0 Å². The molecule has 27 heavy (non-hydrogen) atoms. The Morgan fingerprint density at radius 3 is 2.26 bits per heavy atom. The zero-order valence-corrected chi connectivity index (χ0v) is 16.1. The lowest BCUT2D eigenvalue weighted by molar-refractivity contribution is 0.0683. The molecule has 0 radical (unpaired) electrons. The van der Waals surface area contributed by atoms with Gasteiger partial charge in [-0.05, 0) is 35.6 Å². The number of aryl methyl sites for hydroxylation is 1. The number of carboxylic acid groups (broad SMARTS) is 1. The lowest BCUT2D eigenvalue weighted by Crippen LogP contribution is -2.17. The lowest BCUT2D eigenvalue weighted by atomic mass is 9.96. The predicted octanol–water partition coefficient (Wildman–Crippen LogP) is 3.75. The number of aromatic nitrogens is 4. The summed E-state index contributed by atoms with van der Waals surface area (Å²) < 4.78 is 1.90. The first kappa shape index (κ1) is 18.7. The topological polar surface area (TPSA) is 98.0 Å². The van der Waals surface area contributed by atoms with Gasteiger partial charge >= 0.3 is 5.97 Å². The van der Waals surface area contributed by atoms with E-state index in [0.717, 1.165) is 22.0 Å². The number of carbonyl (C=O) groups is 2. The maximum Gasteiger partial charge on any atom is 0.373 e. The van der Waals surface area contributed by atoms with E-state index < -0.39 is 5.97 Å². The Bertz CT molecular complexity index is 1040. The van der Waals surface area contributed by atoms with Gasteiger partial charge in [0.2, 0.25) is 5.82 Å². The van der Waals surface area contributed by atoms with E-state index in [1.807, 2.05) is 23.7 Å². The molecule has 0 aliphatic rings. The molecule has 0 aliphatic heterocycles. The maximum absolute atomic E-state index is 12.2. The molecule has 0 bridgehead atoms. The number of carboxylic acids is 1. The van der Waals surface area contributed by atoms with Crippen molar-refractivity contribution in [2.24, 2.45) is 5.41 Å². The molecule has 0 saturated heterocycles. The van der Waals surface area contributed by atoms with Gasteiger partial charge in [0, 0.05) is 36.8 Å². The fraction of sp³-hybridized carbons (Fsp3) is 0.350. The zero-order valence-electron chi connectivity index (χ0n) is 16.1. The Balaban J connectivity index is 2.19. The molecule has 3 rings (SSSR count). The van der Waals surface area contributed by atoms with Crippen LogP contribution in [0.15, 0.2) is 24.5 Å². The summed E-state index contributed by atoms with van der Waals surface area (Å²) in [4.78, 5) is 30.8. The van der Waals surface area contributed by atoms with Crippen molar-refractivity contribution >= 4 is 22.7 Å². The number of Topliss-reactive ketones (excluding diaryl/α,β-unsaturated/α-hetero) is 1. The van der Waals surface area contributed by atoms with Crippen LogP contribution in [0.1, 0.15) is 54.4 Å². The molecule has 7 nitrogen and oxygen atoms in total. The van der Waals surface area contributed by atoms with Gasteiger partial charge in [0.1, 0.15) is 5.69 Å². The van der Waals surface area contributed by atoms with Crippen molar-refractivity contribution in [1.82, 2.24) is 19.7 Å². The third kappa shape index (κ3) is 3.72. The highest BCUT2D eigenvalue weighted by molar-refractivity contribution is 6.06. The van der Waals surface area contributed by atoms with Crippen molar-refractivity contribution < 1.29 is 14.7 Å². The summed E-state index contributed by atoms with van der Waals surface area (Å²) in [5.41, 5.74) is 3.86. The van der Waals surface area contributed by atoms with Crippen LogP contribution in [0.25, 0.3) is 22.0 Å². The van der Waals surface area contributed by atoms with Crippen molar-refractivity contribution in [2.45, 2.75) is 41.2 Å². The number of ketones is 1. The van der Waals surface area contributed by atoms with E-state index in [4.69, 9.17) is 5.11 Å². The minimum atomic E-state index is -1.17. The first-order chi connectivity index (χ1) is 12.6. The monoisotopic (exact) mass is 366 g/mol. The number of rotatable bonds is 4. The van der Waals surface area contributed by atoms with Crippen LogP contribution in [0.4, 0.5) is 0 Å². The first-order valence-electron chi connectivity index (χ1n) is 8.64. The Labute approximate surface area is 157 Å². The molecule has 3 aromatic rings. The van der Waals surface area contributed by atoms with Gasteiger partial charge in [0.05, 0.1) is 5.52 Å². The largest absolute Gasteiger partial charge is 0.475 e. The second-order valence-corrected chi connectivity index (χ2v) is 7.91. The van der Waals surface area contributed by atoms with E-state index in [1.165, 1.54) is 19.3 Å². The van der Waals surface area contributed by atoms with Gasteiger partial charge in [-0.25, -0.2) is 14.8 Å². The van der Waals surface area contributed by atoms with Crippen molar-refractivity contribution in [2.75, 3.05) is 0 Å². The quantitative estimate of drug-likeness (QED) is 0.706. The third-order valence-corrected chi connectivity index (χ3v) is 4.17. The first-order valence-corrected chi connectivity index (χ1v) is 8.64. The molecule has 0 spiro atoms. The van der Waals surface area contributed by atoms with Crippen molar-refractivity contribution in [3.63, 3.8) is 0 Å². The van der Waals surface area contributed by atoms with Gasteiger partial charge in [-0.3, -0.25) is 9.48 Å². The van der Waals surface area contributed by atoms with Crippen molar-refractivity contribution in [3.05, 3.63) is 41.6 Å². The number of hydrogen-bond donors (Lipinski definition) is 1. The van der Waals surface area contributed by atoms with Crippen LogP contribution < -0.4 is 0 Å². The Kier molecular flexibility index (Phi) is 4.55. The molecule has 0 amide bonds. The summed E-state index contributed by atoms with van der Waals surface area (Å²) in [6.45, 7) is 10.5. The van der Waals surface area contributed by atoms with Gasteiger partial charge in [-0.15, -0.1) is 0 Å². The van der Waals surface area contributed by atoms with Crippen LogP contribution in [-0.2, 0) is 6.54 Å². The van der Waals surface area contributed by atoms with Crippen LogP contribution in [0.5, 0.6) is 0 Å². The third-order valence-electron chi connectivity index (χ3n) is 4.17. The SMILES string of the molecule is CC(=O)c1nn(CC(C)(C)C)c2c(C)cc(-c3cnc(C(=O)O)nc3)cc12. The van der Waals surface area contributed by atoms with Crippen molar-refractivity contribution in [1.29, 1.82) is 0 Å². The van der Waals surface area contributed by atoms with Crippen LogP contribution in [0, 0.1) is 12.3 Å². The average molecular weight is 366 g/mol. The summed E-state index contributed by atoms with van der Waals surface area (Å²) in [5, 5.41) is 14.3.